The van der Waals surface area contributed by atoms with Crippen molar-refractivity contribution in [2.24, 2.45) is 0 Å². The van der Waals surface area contributed by atoms with Crippen LogP contribution in [-0.4, -0.2) is 19.6 Å². The van der Waals surface area contributed by atoms with Gasteiger partial charge in [0, 0.05) is 7.05 Å². The number of rotatable bonds is 1. The molecule has 0 radical (unpaired) electrons. The highest BCUT2D eigenvalue weighted by Crippen LogP contribution is 1.95. The van der Waals surface area contributed by atoms with Crippen LogP contribution in [0.3, 0.4) is 0 Å². The molecule has 0 spiro atoms. The second kappa shape index (κ2) is 2.50. The van der Waals surface area contributed by atoms with E-state index in [-0.39, 0.29) is 5.91 Å². The molecule has 1 aliphatic heterocycles. The molecule has 0 unspecified atom stereocenters. The van der Waals surface area contributed by atoms with E-state index < -0.39 is 0 Å². The number of nitrogens with one attached hydrogen (secondary N) is 2. The number of carbonyl (C=O) groups is 1. The first-order valence-corrected chi connectivity index (χ1v) is 2.64. The van der Waals surface area contributed by atoms with E-state index in [4.69, 9.17) is 0 Å². The van der Waals surface area contributed by atoms with E-state index in [9.17, 15) is 4.79 Å². The zero-order valence-corrected chi connectivity index (χ0v) is 5.10. The predicted octanol–water partition coefficient (Wildman–Crippen LogP) is -0.849. The van der Waals surface area contributed by atoms with Crippen molar-refractivity contribution in [1.82, 2.24) is 10.8 Å². The van der Waals surface area contributed by atoms with Crippen LogP contribution < -0.4 is 10.8 Å². The van der Waals surface area contributed by atoms with Crippen molar-refractivity contribution in [1.29, 1.82) is 0 Å². The minimum Gasteiger partial charge on any atom is -0.354 e. The zero-order chi connectivity index (χ0) is 6.69. The third kappa shape index (κ3) is 1.20. The van der Waals surface area contributed by atoms with Gasteiger partial charge in [0.2, 0.25) is 0 Å². The first-order valence-electron chi connectivity index (χ1n) is 2.64. The molecule has 2 N–H and O–H groups in total. The summed E-state index contributed by atoms with van der Waals surface area (Å²) in [5, 5.41) is 2.46. The first kappa shape index (κ1) is 6.10. The van der Waals surface area contributed by atoms with Crippen LogP contribution in [0.15, 0.2) is 11.8 Å². The van der Waals surface area contributed by atoms with Crippen LogP contribution in [0, 0.1) is 0 Å². The molecule has 1 heterocycles. The summed E-state index contributed by atoms with van der Waals surface area (Å²) in [5.41, 5.74) is 2.94. The van der Waals surface area contributed by atoms with Crippen molar-refractivity contribution in [2.45, 2.75) is 0 Å². The van der Waals surface area contributed by atoms with Crippen molar-refractivity contribution in [2.75, 3.05) is 13.7 Å². The maximum Gasteiger partial charge on any atom is 0.269 e. The van der Waals surface area contributed by atoms with E-state index in [0.29, 0.717) is 12.3 Å². The summed E-state index contributed by atoms with van der Waals surface area (Å²) in [7, 11) is 1.57. The molecule has 0 fully saturated rings. The van der Waals surface area contributed by atoms with Crippen LogP contribution in [0.4, 0.5) is 0 Å². The molecule has 0 saturated carbocycles. The Bertz CT molecular complexity index is 153. The molecule has 9 heavy (non-hydrogen) atoms. The number of hydrogen-bond donors (Lipinski definition) is 2. The maximum absolute atomic E-state index is 10.7. The van der Waals surface area contributed by atoms with Crippen molar-refractivity contribution in [3.63, 3.8) is 0 Å². The Kier molecular flexibility index (Phi) is 1.69. The SMILES string of the molecule is CNC(=O)C1=CCON1. The Morgan fingerprint density at radius 2 is 2.78 bits per heavy atom. The average Bonchev–Trinajstić information content (AvgIpc) is 2.37. The Hall–Kier alpha value is -1.03. The van der Waals surface area contributed by atoms with Crippen molar-refractivity contribution < 1.29 is 9.63 Å². The molecular formula is C5H8N2O2. The summed E-state index contributed by atoms with van der Waals surface area (Å²) in [6.07, 6.45) is 1.68. The van der Waals surface area contributed by atoms with E-state index in [0.717, 1.165) is 0 Å². The van der Waals surface area contributed by atoms with E-state index in [1.165, 1.54) is 0 Å². The second-order valence-corrected chi connectivity index (χ2v) is 1.61. The van der Waals surface area contributed by atoms with Crippen LogP contribution in [0.1, 0.15) is 0 Å². The summed E-state index contributed by atoms with van der Waals surface area (Å²) in [6.45, 7) is 0.461. The van der Waals surface area contributed by atoms with Gasteiger partial charge in [-0.2, -0.15) is 0 Å². The molecule has 4 nitrogen and oxygen atoms in total. The van der Waals surface area contributed by atoms with Gasteiger partial charge in [-0.3, -0.25) is 15.1 Å². The maximum atomic E-state index is 10.7. The van der Waals surface area contributed by atoms with Crippen LogP contribution in [0.5, 0.6) is 0 Å². The molecule has 0 aromatic heterocycles. The molecule has 1 amide bonds. The molecule has 1 rings (SSSR count). The number of amides is 1. The highest BCUT2D eigenvalue weighted by molar-refractivity contribution is 5.92. The lowest BCUT2D eigenvalue weighted by atomic mass is 10.4. The average molecular weight is 128 g/mol. The third-order valence-electron chi connectivity index (χ3n) is 1.02. The van der Waals surface area contributed by atoms with E-state index in [1.807, 2.05) is 0 Å². The topological polar surface area (TPSA) is 50.4 Å². The van der Waals surface area contributed by atoms with Crippen molar-refractivity contribution in [3.05, 3.63) is 11.8 Å². The van der Waals surface area contributed by atoms with Crippen LogP contribution in [0.2, 0.25) is 0 Å². The Morgan fingerprint density at radius 3 is 3.22 bits per heavy atom. The van der Waals surface area contributed by atoms with Crippen molar-refractivity contribution >= 4 is 5.91 Å². The highest BCUT2D eigenvalue weighted by Gasteiger charge is 2.10. The Balaban J connectivity index is 2.51. The second-order valence-electron chi connectivity index (χ2n) is 1.61. The summed E-state index contributed by atoms with van der Waals surface area (Å²) in [4.78, 5) is 15.4. The lowest BCUT2D eigenvalue weighted by molar-refractivity contribution is -0.118. The predicted molar refractivity (Wildman–Crippen MR) is 31.2 cm³/mol. The normalized spacial score (nSPS) is 16.3. The molecule has 0 aliphatic carbocycles. The van der Waals surface area contributed by atoms with Gasteiger partial charge in [0.15, 0.2) is 0 Å². The van der Waals surface area contributed by atoms with Gasteiger partial charge >= 0.3 is 0 Å². The quantitative estimate of drug-likeness (QED) is 0.483. The number of hydroxylamine groups is 1. The molecule has 1 aliphatic rings. The molecule has 4 heteroatoms. The number of carbonyl (C=O) groups excluding carboxylic acids is 1. The fourth-order valence-corrected chi connectivity index (χ4v) is 0.560. The lowest BCUT2D eigenvalue weighted by Gasteiger charge is -1.98. The molecule has 0 bridgehead atoms. The summed E-state index contributed by atoms with van der Waals surface area (Å²) in [6, 6.07) is 0. The van der Waals surface area contributed by atoms with E-state index in [1.54, 1.807) is 13.1 Å². The van der Waals surface area contributed by atoms with Gasteiger partial charge in [0.25, 0.3) is 5.91 Å². The molecular weight excluding hydrogens is 120 g/mol. The van der Waals surface area contributed by atoms with Crippen molar-refractivity contribution in [3.8, 4) is 0 Å². The largest absolute Gasteiger partial charge is 0.354 e. The van der Waals surface area contributed by atoms with Gasteiger partial charge in [0.1, 0.15) is 5.70 Å². The zero-order valence-electron chi connectivity index (χ0n) is 5.10. The fraction of sp³-hybridized carbons (Fsp3) is 0.400. The monoisotopic (exact) mass is 128 g/mol. The Labute approximate surface area is 52.8 Å². The summed E-state index contributed by atoms with van der Waals surface area (Å²) in [5.74, 6) is -0.146. The van der Waals surface area contributed by atoms with Gasteiger partial charge in [-0.15, -0.1) is 0 Å². The smallest absolute Gasteiger partial charge is 0.269 e. The summed E-state index contributed by atoms with van der Waals surface area (Å²) >= 11 is 0. The molecule has 0 atom stereocenters. The van der Waals surface area contributed by atoms with Crippen LogP contribution in [0.25, 0.3) is 0 Å². The van der Waals surface area contributed by atoms with E-state index >= 15 is 0 Å². The number of hydrogen-bond acceptors (Lipinski definition) is 3. The Morgan fingerprint density at radius 1 is 2.00 bits per heavy atom. The first-order chi connectivity index (χ1) is 4.34. The minimum atomic E-state index is -0.146. The standard InChI is InChI=1S/C5H8N2O2/c1-6-5(8)4-2-3-9-7-4/h2,7H,3H2,1H3,(H,6,8). The molecule has 50 valence electrons. The third-order valence-corrected chi connectivity index (χ3v) is 1.02. The fourth-order valence-electron chi connectivity index (χ4n) is 0.560. The number of likely N-dealkylation sites (N-methyl/N-ethyl adjacent to an activating group) is 1. The molecule has 0 saturated heterocycles. The van der Waals surface area contributed by atoms with Gasteiger partial charge in [-0.1, -0.05) is 0 Å². The van der Waals surface area contributed by atoms with Gasteiger partial charge in [0.05, 0.1) is 6.61 Å². The lowest BCUT2D eigenvalue weighted by Crippen LogP contribution is -2.25. The summed E-state index contributed by atoms with van der Waals surface area (Å²) < 4.78 is 0. The van der Waals surface area contributed by atoms with Gasteiger partial charge in [-0.05, 0) is 6.08 Å². The van der Waals surface area contributed by atoms with Crippen LogP contribution >= 0.6 is 0 Å². The van der Waals surface area contributed by atoms with Crippen LogP contribution in [-0.2, 0) is 9.63 Å². The van der Waals surface area contributed by atoms with E-state index in [2.05, 4.69) is 15.6 Å². The molecule has 0 aromatic rings. The minimum absolute atomic E-state index is 0.146. The van der Waals surface area contributed by atoms with Gasteiger partial charge in [-0.25, -0.2) is 0 Å². The van der Waals surface area contributed by atoms with Gasteiger partial charge < -0.3 is 5.32 Å². The molecule has 0 aromatic carbocycles. The highest BCUT2D eigenvalue weighted by atomic mass is 16.6.